The molecule has 0 aliphatic heterocycles. The van der Waals surface area contributed by atoms with E-state index >= 15 is 0 Å². The Balaban J connectivity index is 1.33. The highest BCUT2D eigenvalue weighted by molar-refractivity contribution is 6.07. The van der Waals surface area contributed by atoms with E-state index in [2.05, 4.69) is 213 Å². The zero-order valence-corrected chi connectivity index (χ0v) is 31.7. The second kappa shape index (κ2) is 15.3. The zero-order valence-electron chi connectivity index (χ0n) is 31.7. The van der Waals surface area contributed by atoms with Crippen molar-refractivity contribution in [3.8, 4) is 89.1 Å². The second-order valence-electron chi connectivity index (χ2n) is 14.5. The summed E-state index contributed by atoms with van der Waals surface area (Å²) in [6.45, 7) is 4.27. The lowest BCUT2D eigenvalue weighted by Gasteiger charge is -2.25. The Kier molecular flexibility index (Phi) is 9.49. The lowest BCUT2D eigenvalue weighted by Crippen LogP contribution is -1.98. The molecule has 0 aliphatic carbocycles. The number of hydrogen-bond acceptors (Lipinski definition) is 1. The second-order valence-corrected chi connectivity index (χ2v) is 14.5. The Morgan fingerprint density at radius 1 is 0.268 bits per heavy atom. The molecule has 0 saturated heterocycles. The summed E-state index contributed by atoms with van der Waals surface area (Å²) in [5.41, 5.74) is 21.2. The van der Waals surface area contributed by atoms with Gasteiger partial charge in [-0.15, -0.1) is 0 Å². The Hall–Kier alpha value is -7.09. The molecule has 0 fully saturated rings. The molecule has 9 aromatic rings. The molecule has 0 radical (unpaired) electrons. The van der Waals surface area contributed by atoms with Crippen molar-refractivity contribution in [2.24, 2.45) is 0 Å². The van der Waals surface area contributed by atoms with Crippen LogP contribution in [-0.4, -0.2) is 4.98 Å². The summed E-state index contributed by atoms with van der Waals surface area (Å²) in [5, 5.41) is 0. The van der Waals surface area contributed by atoms with Gasteiger partial charge >= 0.3 is 0 Å². The van der Waals surface area contributed by atoms with Crippen molar-refractivity contribution in [2.75, 3.05) is 0 Å². The van der Waals surface area contributed by atoms with E-state index in [1.165, 1.54) is 83.5 Å². The Morgan fingerprint density at radius 3 is 1.07 bits per heavy atom. The molecule has 0 amide bonds. The van der Waals surface area contributed by atoms with E-state index in [4.69, 9.17) is 0 Å². The Labute approximate surface area is 330 Å². The minimum absolute atomic E-state index is 0.964. The molecule has 0 bridgehead atoms. The van der Waals surface area contributed by atoms with Crippen molar-refractivity contribution in [1.29, 1.82) is 0 Å². The Morgan fingerprint density at radius 2 is 0.607 bits per heavy atom. The molecule has 0 aliphatic rings. The van der Waals surface area contributed by atoms with Gasteiger partial charge in [-0.1, -0.05) is 199 Å². The topological polar surface area (TPSA) is 12.9 Å². The minimum atomic E-state index is 0.964. The number of aryl methyl sites for hydroxylation is 2. The largest absolute Gasteiger partial charge is 0.256 e. The third-order valence-electron chi connectivity index (χ3n) is 10.7. The van der Waals surface area contributed by atoms with Crippen molar-refractivity contribution < 1.29 is 0 Å². The van der Waals surface area contributed by atoms with Crippen molar-refractivity contribution in [2.45, 2.75) is 13.8 Å². The van der Waals surface area contributed by atoms with Gasteiger partial charge in [0, 0.05) is 11.8 Å². The molecule has 8 aromatic carbocycles. The van der Waals surface area contributed by atoms with Crippen molar-refractivity contribution in [1.82, 2.24) is 4.98 Å². The predicted octanol–water partition coefficient (Wildman–Crippen LogP) is 15.0. The first kappa shape index (κ1) is 34.7. The van der Waals surface area contributed by atoms with Gasteiger partial charge in [-0.3, -0.25) is 4.98 Å². The van der Waals surface area contributed by atoms with Gasteiger partial charge in [-0.2, -0.15) is 0 Å². The maximum Gasteiger partial charge on any atom is 0.0701 e. The number of pyridine rings is 1. The molecule has 1 nitrogen and oxygen atoms in total. The fourth-order valence-electron chi connectivity index (χ4n) is 7.75. The third-order valence-corrected chi connectivity index (χ3v) is 10.7. The molecular weight excluding hydrogens is 675 g/mol. The molecule has 1 heteroatoms. The molecule has 266 valence electrons. The molecule has 0 atom stereocenters. The zero-order chi connectivity index (χ0) is 37.8. The van der Waals surface area contributed by atoms with Crippen molar-refractivity contribution in [3.63, 3.8) is 0 Å². The molecule has 0 spiro atoms. The molecular formula is C55H41N. The molecule has 0 unspecified atom stereocenters. The Bertz CT molecular complexity index is 2710. The van der Waals surface area contributed by atoms with E-state index in [-0.39, 0.29) is 0 Å². The van der Waals surface area contributed by atoms with Crippen molar-refractivity contribution >= 4 is 0 Å². The van der Waals surface area contributed by atoms with E-state index in [1.54, 1.807) is 0 Å². The van der Waals surface area contributed by atoms with Crippen LogP contribution in [0.2, 0.25) is 0 Å². The van der Waals surface area contributed by atoms with Gasteiger partial charge in [0.05, 0.1) is 5.69 Å². The summed E-state index contributed by atoms with van der Waals surface area (Å²) < 4.78 is 0. The maximum absolute atomic E-state index is 4.63. The summed E-state index contributed by atoms with van der Waals surface area (Å²) in [4.78, 5) is 4.63. The van der Waals surface area contributed by atoms with Crippen LogP contribution in [0.3, 0.4) is 0 Å². The normalized spacial score (nSPS) is 11.0. The van der Waals surface area contributed by atoms with Crippen LogP contribution in [0.1, 0.15) is 11.1 Å². The van der Waals surface area contributed by atoms with Crippen LogP contribution < -0.4 is 0 Å². The van der Waals surface area contributed by atoms with Crippen LogP contribution in [-0.2, 0) is 0 Å². The van der Waals surface area contributed by atoms with Gasteiger partial charge in [0.2, 0.25) is 0 Å². The standard InChI is InChI=1S/C55H41N/c1-38-16-20-40(21-17-38)42-24-32-48(33-25-42)54-50(44-11-5-3-6-12-44)37-51(45-28-30-46(31-29-45)52-15-9-10-36-56-52)53(47-13-7-4-8-14-47)55(54)49-34-26-43(27-35-49)41-22-18-39(2)19-23-41/h3-37H,1-2H3. The van der Waals surface area contributed by atoms with Crippen molar-refractivity contribution in [3.05, 3.63) is 224 Å². The van der Waals surface area contributed by atoms with E-state index < -0.39 is 0 Å². The minimum Gasteiger partial charge on any atom is -0.256 e. The fraction of sp³-hybridized carbons (Fsp3) is 0.0364. The van der Waals surface area contributed by atoms with E-state index in [0.29, 0.717) is 0 Å². The average Bonchev–Trinajstić information content (AvgIpc) is 3.27. The monoisotopic (exact) mass is 715 g/mol. The molecule has 1 heterocycles. The van der Waals surface area contributed by atoms with Gasteiger partial charge in [-0.25, -0.2) is 0 Å². The van der Waals surface area contributed by atoms with Gasteiger partial charge < -0.3 is 0 Å². The SMILES string of the molecule is Cc1ccc(-c2ccc(-c3c(-c4ccccc4)cc(-c4ccc(-c5ccccn5)cc4)c(-c4ccccc4)c3-c3ccc(-c4ccc(C)cc4)cc3)cc2)cc1. The molecule has 1 aromatic heterocycles. The lowest BCUT2D eigenvalue weighted by molar-refractivity contribution is 1.33. The molecule has 9 rings (SSSR count). The highest BCUT2D eigenvalue weighted by Gasteiger charge is 2.24. The molecule has 0 N–H and O–H groups in total. The summed E-state index contributed by atoms with van der Waals surface area (Å²) in [6.07, 6.45) is 1.85. The number of hydrogen-bond donors (Lipinski definition) is 0. The van der Waals surface area contributed by atoms with E-state index in [1.807, 2.05) is 18.3 Å². The predicted molar refractivity (Wildman–Crippen MR) is 237 cm³/mol. The van der Waals surface area contributed by atoms with Crippen LogP contribution >= 0.6 is 0 Å². The quantitative estimate of drug-likeness (QED) is 0.153. The first-order valence-electron chi connectivity index (χ1n) is 19.3. The van der Waals surface area contributed by atoms with Gasteiger partial charge in [-0.05, 0) is 110 Å². The smallest absolute Gasteiger partial charge is 0.0701 e. The lowest BCUT2D eigenvalue weighted by atomic mass is 9.78. The number of benzene rings is 8. The third kappa shape index (κ3) is 6.99. The van der Waals surface area contributed by atoms with Crippen LogP contribution in [0, 0.1) is 13.8 Å². The van der Waals surface area contributed by atoms with Gasteiger partial charge in [0.25, 0.3) is 0 Å². The number of aromatic nitrogens is 1. The summed E-state index contributed by atoms with van der Waals surface area (Å²) >= 11 is 0. The molecule has 0 saturated carbocycles. The highest BCUT2D eigenvalue weighted by Crippen LogP contribution is 2.50. The van der Waals surface area contributed by atoms with Crippen LogP contribution in [0.25, 0.3) is 89.1 Å². The summed E-state index contributed by atoms with van der Waals surface area (Å²) in [6, 6.07) is 75.0. The molecule has 56 heavy (non-hydrogen) atoms. The van der Waals surface area contributed by atoms with Crippen LogP contribution in [0.15, 0.2) is 212 Å². The van der Waals surface area contributed by atoms with Crippen LogP contribution in [0.5, 0.6) is 0 Å². The van der Waals surface area contributed by atoms with Gasteiger partial charge in [0.1, 0.15) is 0 Å². The number of rotatable bonds is 8. The van der Waals surface area contributed by atoms with Crippen LogP contribution in [0.4, 0.5) is 0 Å². The average molecular weight is 716 g/mol. The summed E-state index contributed by atoms with van der Waals surface area (Å²) in [5.74, 6) is 0. The summed E-state index contributed by atoms with van der Waals surface area (Å²) in [7, 11) is 0. The fourth-order valence-corrected chi connectivity index (χ4v) is 7.75. The number of nitrogens with zero attached hydrogens (tertiary/aromatic N) is 1. The highest BCUT2D eigenvalue weighted by atomic mass is 14.7. The van der Waals surface area contributed by atoms with E-state index in [0.717, 1.165) is 16.8 Å². The maximum atomic E-state index is 4.63. The first-order valence-corrected chi connectivity index (χ1v) is 19.3. The first-order chi connectivity index (χ1) is 27.6. The van der Waals surface area contributed by atoms with Gasteiger partial charge in [0.15, 0.2) is 0 Å². The van der Waals surface area contributed by atoms with E-state index in [9.17, 15) is 0 Å².